The number of hydrogen-bond acceptors (Lipinski definition) is 6. The summed E-state index contributed by atoms with van der Waals surface area (Å²) < 4.78 is 7.23. The molecule has 0 atom stereocenters. The molecule has 0 aliphatic carbocycles. The zero-order chi connectivity index (χ0) is 11.5. The van der Waals surface area contributed by atoms with Crippen molar-refractivity contribution in [1.82, 2.24) is 14.8 Å². The topological polar surface area (TPSA) is 78.0 Å². The highest BCUT2D eigenvalue weighted by Gasteiger charge is 2.14. The van der Waals surface area contributed by atoms with Gasteiger partial charge in [0.05, 0.1) is 12.8 Å². The summed E-state index contributed by atoms with van der Waals surface area (Å²) in [6, 6.07) is 0. The molecule has 2 rings (SSSR count). The van der Waals surface area contributed by atoms with Crippen molar-refractivity contribution in [3.8, 4) is 16.3 Å². The second kappa shape index (κ2) is 4.50. The van der Waals surface area contributed by atoms with Gasteiger partial charge in [-0.05, 0) is 6.92 Å². The standard InChI is InChI=1S/C9H13N5OS/c1-3-15-8-7(12-9(13-10)16-8)6-4-11-14(2)5-6/h4-5H,3,10H2,1-2H3,(H,12,13). The zero-order valence-electron chi connectivity index (χ0n) is 9.10. The average molecular weight is 239 g/mol. The van der Waals surface area contributed by atoms with E-state index in [2.05, 4.69) is 15.5 Å². The van der Waals surface area contributed by atoms with Crippen molar-refractivity contribution in [1.29, 1.82) is 0 Å². The van der Waals surface area contributed by atoms with Gasteiger partial charge < -0.3 is 4.74 Å². The van der Waals surface area contributed by atoms with Crippen molar-refractivity contribution in [2.24, 2.45) is 12.9 Å². The first-order valence-electron chi connectivity index (χ1n) is 4.84. The molecule has 7 heteroatoms. The van der Waals surface area contributed by atoms with E-state index < -0.39 is 0 Å². The minimum atomic E-state index is 0.597. The fourth-order valence-electron chi connectivity index (χ4n) is 1.32. The van der Waals surface area contributed by atoms with E-state index in [9.17, 15) is 0 Å². The maximum Gasteiger partial charge on any atom is 0.204 e. The number of hydrogen-bond donors (Lipinski definition) is 2. The molecular formula is C9H13N5OS. The summed E-state index contributed by atoms with van der Waals surface area (Å²) in [5.41, 5.74) is 4.21. The van der Waals surface area contributed by atoms with Gasteiger partial charge >= 0.3 is 0 Å². The number of thiazole rings is 1. The summed E-state index contributed by atoms with van der Waals surface area (Å²) in [6.45, 7) is 2.53. The molecule has 0 saturated heterocycles. The van der Waals surface area contributed by atoms with Gasteiger partial charge in [-0.15, -0.1) is 0 Å². The van der Waals surface area contributed by atoms with Crippen LogP contribution in [0.3, 0.4) is 0 Å². The molecule has 0 spiro atoms. The van der Waals surface area contributed by atoms with E-state index in [1.165, 1.54) is 11.3 Å². The number of nitrogens with two attached hydrogens (primary N) is 1. The molecule has 0 amide bonds. The summed E-state index contributed by atoms with van der Waals surface area (Å²) in [5.74, 6) is 5.33. The second-order valence-corrected chi connectivity index (χ2v) is 4.10. The monoisotopic (exact) mass is 239 g/mol. The molecule has 0 aliphatic heterocycles. The van der Waals surface area contributed by atoms with Crippen LogP contribution >= 0.6 is 11.3 Å². The van der Waals surface area contributed by atoms with Gasteiger partial charge in [-0.2, -0.15) is 5.10 Å². The molecule has 3 N–H and O–H groups in total. The van der Waals surface area contributed by atoms with Gasteiger partial charge in [0, 0.05) is 18.8 Å². The van der Waals surface area contributed by atoms with E-state index in [1.54, 1.807) is 10.9 Å². The summed E-state index contributed by atoms with van der Waals surface area (Å²) >= 11 is 1.38. The predicted octanol–water partition coefficient (Wildman–Crippen LogP) is 1.23. The number of aromatic nitrogens is 3. The smallest absolute Gasteiger partial charge is 0.204 e. The van der Waals surface area contributed by atoms with Crippen LogP contribution in [-0.4, -0.2) is 21.4 Å². The molecule has 0 unspecified atom stereocenters. The fourth-order valence-corrected chi connectivity index (χ4v) is 2.13. The normalized spacial score (nSPS) is 10.4. The Bertz CT molecular complexity index is 478. The Balaban J connectivity index is 2.41. The molecule has 2 aromatic heterocycles. The van der Waals surface area contributed by atoms with Crippen molar-refractivity contribution < 1.29 is 4.74 Å². The number of hydrazine groups is 1. The third kappa shape index (κ3) is 2.00. The molecular weight excluding hydrogens is 226 g/mol. The Morgan fingerprint density at radius 1 is 1.62 bits per heavy atom. The highest BCUT2D eigenvalue weighted by Crippen LogP contribution is 2.37. The van der Waals surface area contributed by atoms with E-state index in [1.807, 2.05) is 20.2 Å². The summed E-state index contributed by atoms with van der Waals surface area (Å²) in [7, 11) is 1.86. The number of ether oxygens (including phenoxy) is 1. The molecule has 0 saturated carbocycles. The van der Waals surface area contributed by atoms with Crippen LogP contribution in [0.4, 0.5) is 5.13 Å². The third-order valence-electron chi connectivity index (χ3n) is 1.97. The minimum absolute atomic E-state index is 0.597. The number of anilines is 1. The molecule has 16 heavy (non-hydrogen) atoms. The van der Waals surface area contributed by atoms with E-state index in [4.69, 9.17) is 10.6 Å². The average Bonchev–Trinajstić information content (AvgIpc) is 2.85. The number of rotatable bonds is 4. The Labute approximate surface area is 97.0 Å². The maximum absolute atomic E-state index is 5.51. The van der Waals surface area contributed by atoms with E-state index >= 15 is 0 Å². The first kappa shape index (κ1) is 10.9. The van der Waals surface area contributed by atoms with Gasteiger partial charge in [-0.25, -0.2) is 10.8 Å². The number of aryl methyl sites for hydroxylation is 1. The van der Waals surface area contributed by atoms with E-state index in [-0.39, 0.29) is 0 Å². The number of nitrogen functional groups attached to an aromatic ring is 1. The lowest BCUT2D eigenvalue weighted by Crippen LogP contribution is -2.05. The fraction of sp³-hybridized carbons (Fsp3) is 0.333. The van der Waals surface area contributed by atoms with Gasteiger partial charge in [0.1, 0.15) is 5.69 Å². The van der Waals surface area contributed by atoms with Gasteiger partial charge in [0.15, 0.2) is 0 Å². The highest BCUT2D eigenvalue weighted by molar-refractivity contribution is 7.17. The predicted molar refractivity (Wildman–Crippen MR) is 63.3 cm³/mol. The van der Waals surface area contributed by atoms with Crippen LogP contribution in [0, 0.1) is 0 Å². The van der Waals surface area contributed by atoms with Gasteiger partial charge in [-0.1, -0.05) is 11.3 Å². The van der Waals surface area contributed by atoms with Crippen LogP contribution in [0.5, 0.6) is 5.06 Å². The second-order valence-electron chi connectivity index (χ2n) is 3.14. The van der Waals surface area contributed by atoms with E-state index in [0.29, 0.717) is 11.7 Å². The largest absolute Gasteiger partial charge is 0.483 e. The molecule has 2 heterocycles. The van der Waals surface area contributed by atoms with Crippen LogP contribution in [0.2, 0.25) is 0 Å². The summed E-state index contributed by atoms with van der Waals surface area (Å²) in [4.78, 5) is 4.33. The van der Waals surface area contributed by atoms with Crippen LogP contribution < -0.4 is 16.0 Å². The molecule has 0 fully saturated rings. The molecule has 0 aromatic carbocycles. The maximum atomic E-state index is 5.51. The van der Waals surface area contributed by atoms with Crippen molar-refractivity contribution in [2.45, 2.75) is 6.92 Å². The Morgan fingerprint density at radius 2 is 2.44 bits per heavy atom. The highest BCUT2D eigenvalue weighted by atomic mass is 32.1. The van der Waals surface area contributed by atoms with Crippen molar-refractivity contribution >= 4 is 16.5 Å². The lowest BCUT2D eigenvalue weighted by Gasteiger charge is -1.99. The first-order chi connectivity index (χ1) is 7.74. The lowest BCUT2D eigenvalue weighted by atomic mass is 10.3. The molecule has 0 bridgehead atoms. The third-order valence-corrected chi connectivity index (χ3v) is 2.87. The van der Waals surface area contributed by atoms with Crippen molar-refractivity contribution in [3.63, 3.8) is 0 Å². The van der Waals surface area contributed by atoms with Gasteiger partial charge in [0.2, 0.25) is 10.2 Å². The SMILES string of the molecule is CCOc1sc(NN)nc1-c1cnn(C)c1. The Kier molecular flexibility index (Phi) is 3.07. The lowest BCUT2D eigenvalue weighted by molar-refractivity contribution is 0.351. The Morgan fingerprint density at radius 3 is 3.00 bits per heavy atom. The zero-order valence-corrected chi connectivity index (χ0v) is 9.91. The van der Waals surface area contributed by atoms with Crippen LogP contribution in [0.25, 0.3) is 11.3 Å². The van der Waals surface area contributed by atoms with Crippen LogP contribution in [-0.2, 0) is 7.05 Å². The van der Waals surface area contributed by atoms with Crippen LogP contribution in [0.1, 0.15) is 6.92 Å². The molecule has 0 aliphatic rings. The van der Waals surface area contributed by atoms with Gasteiger partial charge in [-0.3, -0.25) is 10.1 Å². The molecule has 0 radical (unpaired) electrons. The first-order valence-corrected chi connectivity index (χ1v) is 5.65. The molecule has 86 valence electrons. The minimum Gasteiger partial charge on any atom is -0.483 e. The van der Waals surface area contributed by atoms with Crippen LogP contribution in [0.15, 0.2) is 12.4 Å². The summed E-state index contributed by atoms with van der Waals surface area (Å²) in [6.07, 6.45) is 3.63. The summed E-state index contributed by atoms with van der Waals surface area (Å²) in [5, 5.41) is 5.48. The molecule has 6 nitrogen and oxygen atoms in total. The van der Waals surface area contributed by atoms with Crippen molar-refractivity contribution in [2.75, 3.05) is 12.0 Å². The number of nitrogens with zero attached hydrogens (tertiary/aromatic N) is 3. The number of nitrogens with one attached hydrogen (secondary N) is 1. The van der Waals surface area contributed by atoms with Crippen molar-refractivity contribution in [3.05, 3.63) is 12.4 Å². The van der Waals surface area contributed by atoms with E-state index in [0.717, 1.165) is 16.3 Å². The van der Waals surface area contributed by atoms with Gasteiger partial charge in [0.25, 0.3) is 0 Å². The molecule has 2 aromatic rings. The quantitative estimate of drug-likeness (QED) is 0.619. The Hall–Kier alpha value is -1.60.